The van der Waals surface area contributed by atoms with Crippen LogP contribution in [0.2, 0.25) is 0 Å². The van der Waals surface area contributed by atoms with Gasteiger partial charge in [0.1, 0.15) is 0 Å². The summed E-state index contributed by atoms with van der Waals surface area (Å²) in [6.07, 6.45) is 6.96. The van der Waals surface area contributed by atoms with Crippen molar-refractivity contribution in [2.24, 2.45) is 0 Å². The molecule has 0 aliphatic rings. The predicted molar refractivity (Wildman–Crippen MR) is 74.1 cm³/mol. The van der Waals surface area contributed by atoms with Gasteiger partial charge in [-0.05, 0) is 26.2 Å². The summed E-state index contributed by atoms with van der Waals surface area (Å²) in [4.78, 5) is 11.6. The first kappa shape index (κ1) is 16.4. The molecule has 0 bridgehead atoms. The van der Waals surface area contributed by atoms with Crippen LogP contribution in [-0.4, -0.2) is 24.5 Å². The van der Waals surface area contributed by atoms with Crippen molar-refractivity contribution >= 4 is 5.91 Å². The molecule has 0 heterocycles. The number of nitrogens with one attached hydrogen (secondary N) is 2. The Hall–Kier alpha value is -0.570. The average molecular weight is 242 g/mol. The molecule has 1 unspecified atom stereocenters. The Morgan fingerprint density at radius 1 is 1.12 bits per heavy atom. The molecule has 1 atom stereocenters. The normalized spacial score (nSPS) is 12.8. The van der Waals surface area contributed by atoms with Gasteiger partial charge in [-0.1, -0.05) is 40.0 Å². The summed E-state index contributed by atoms with van der Waals surface area (Å²) in [5, 5.41) is 6.32. The van der Waals surface area contributed by atoms with Crippen molar-refractivity contribution in [3.8, 4) is 0 Å². The highest BCUT2D eigenvalue weighted by Gasteiger charge is 2.09. The van der Waals surface area contributed by atoms with Crippen LogP contribution >= 0.6 is 0 Å². The van der Waals surface area contributed by atoms with E-state index >= 15 is 0 Å². The third kappa shape index (κ3) is 9.16. The maximum absolute atomic E-state index is 11.6. The number of carbonyl (C=O) groups is 1. The van der Waals surface area contributed by atoms with Crippen LogP contribution in [0.25, 0.3) is 0 Å². The Balaban J connectivity index is 3.61. The molecule has 0 radical (unpaired) electrons. The van der Waals surface area contributed by atoms with Gasteiger partial charge in [0.05, 0.1) is 6.54 Å². The Kier molecular flexibility index (Phi) is 10.2. The second-order valence-electron chi connectivity index (χ2n) is 4.86. The number of amides is 1. The van der Waals surface area contributed by atoms with E-state index in [1.807, 2.05) is 0 Å². The minimum absolute atomic E-state index is 0.126. The number of unbranched alkanes of at least 4 members (excludes halogenated alkanes) is 2. The van der Waals surface area contributed by atoms with E-state index in [1.165, 1.54) is 19.3 Å². The molecule has 0 rings (SSSR count). The molecular weight excluding hydrogens is 212 g/mol. The zero-order valence-electron chi connectivity index (χ0n) is 12.0. The quantitative estimate of drug-likeness (QED) is 0.578. The summed E-state index contributed by atoms with van der Waals surface area (Å²) in [5.74, 6) is 0.126. The molecule has 0 aromatic rings. The zero-order valence-corrected chi connectivity index (χ0v) is 12.0. The average Bonchev–Trinajstić information content (AvgIpc) is 2.33. The first-order valence-corrected chi connectivity index (χ1v) is 7.16. The maximum Gasteiger partial charge on any atom is 0.234 e. The highest BCUT2D eigenvalue weighted by Crippen LogP contribution is 2.02. The fraction of sp³-hybridized carbons (Fsp3) is 0.929. The fourth-order valence-electron chi connectivity index (χ4n) is 1.84. The molecule has 0 saturated heterocycles. The maximum atomic E-state index is 11.6. The van der Waals surface area contributed by atoms with Crippen LogP contribution < -0.4 is 10.6 Å². The van der Waals surface area contributed by atoms with Gasteiger partial charge < -0.3 is 10.6 Å². The molecule has 0 saturated carbocycles. The zero-order chi connectivity index (χ0) is 13.1. The molecule has 0 spiro atoms. The van der Waals surface area contributed by atoms with Crippen molar-refractivity contribution in [3.63, 3.8) is 0 Å². The summed E-state index contributed by atoms with van der Waals surface area (Å²) >= 11 is 0. The monoisotopic (exact) mass is 242 g/mol. The number of hydrogen-bond acceptors (Lipinski definition) is 2. The second kappa shape index (κ2) is 10.6. The topological polar surface area (TPSA) is 41.1 Å². The summed E-state index contributed by atoms with van der Waals surface area (Å²) in [6.45, 7) is 9.02. The Bertz CT molecular complexity index is 191. The molecule has 0 aromatic carbocycles. The fourth-order valence-corrected chi connectivity index (χ4v) is 1.84. The van der Waals surface area contributed by atoms with Gasteiger partial charge in [0.25, 0.3) is 0 Å². The lowest BCUT2D eigenvalue weighted by Crippen LogP contribution is -2.42. The Morgan fingerprint density at radius 3 is 2.29 bits per heavy atom. The van der Waals surface area contributed by atoms with Crippen LogP contribution in [0.15, 0.2) is 0 Å². The lowest BCUT2D eigenvalue weighted by Gasteiger charge is -2.17. The molecule has 3 nitrogen and oxygen atoms in total. The van der Waals surface area contributed by atoms with Crippen LogP contribution in [0, 0.1) is 0 Å². The van der Waals surface area contributed by atoms with E-state index in [0.717, 1.165) is 19.3 Å². The van der Waals surface area contributed by atoms with Crippen LogP contribution in [0.1, 0.15) is 66.2 Å². The standard InChI is InChI=1S/C14H30N2O/c1-5-8-9-10-12(4)15-11-14(17)16-13(6-2)7-3/h12-13,15H,5-11H2,1-4H3,(H,16,17). The van der Waals surface area contributed by atoms with Crippen LogP contribution in [0.4, 0.5) is 0 Å². The lowest BCUT2D eigenvalue weighted by atomic mass is 10.1. The number of rotatable bonds is 10. The van der Waals surface area contributed by atoms with E-state index in [0.29, 0.717) is 18.6 Å². The van der Waals surface area contributed by atoms with Gasteiger partial charge >= 0.3 is 0 Å². The van der Waals surface area contributed by atoms with Crippen LogP contribution in [-0.2, 0) is 4.79 Å². The number of carbonyl (C=O) groups excluding carboxylic acids is 1. The first-order chi connectivity index (χ1) is 8.13. The van der Waals surface area contributed by atoms with Crippen molar-refractivity contribution in [1.29, 1.82) is 0 Å². The van der Waals surface area contributed by atoms with E-state index in [-0.39, 0.29) is 5.91 Å². The minimum atomic E-state index is 0.126. The third-order valence-corrected chi connectivity index (χ3v) is 3.20. The summed E-state index contributed by atoms with van der Waals surface area (Å²) < 4.78 is 0. The molecule has 3 heteroatoms. The van der Waals surface area contributed by atoms with E-state index in [1.54, 1.807) is 0 Å². The SMILES string of the molecule is CCCCCC(C)NCC(=O)NC(CC)CC. The van der Waals surface area contributed by atoms with Gasteiger partial charge in [-0.15, -0.1) is 0 Å². The second-order valence-corrected chi connectivity index (χ2v) is 4.86. The lowest BCUT2D eigenvalue weighted by molar-refractivity contribution is -0.121. The smallest absolute Gasteiger partial charge is 0.234 e. The third-order valence-electron chi connectivity index (χ3n) is 3.20. The van der Waals surface area contributed by atoms with Gasteiger partial charge in [0, 0.05) is 12.1 Å². The highest BCUT2D eigenvalue weighted by atomic mass is 16.1. The van der Waals surface area contributed by atoms with Crippen molar-refractivity contribution in [3.05, 3.63) is 0 Å². The van der Waals surface area contributed by atoms with Crippen molar-refractivity contribution < 1.29 is 4.79 Å². The van der Waals surface area contributed by atoms with Gasteiger partial charge in [0.15, 0.2) is 0 Å². The van der Waals surface area contributed by atoms with Crippen molar-refractivity contribution in [2.45, 2.75) is 78.3 Å². The van der Waals surface area contributed by atoms with Crippen molar-refractivity contribution in [2.75, 3.05) is 6.54 Å². The van der Waals surface area contributed by atoms with E-state index < -0.39 is 0 Å². The highest BCUT2D eigenvalue weighted by molar-refractivity contribution is 5.78. The molecule has 2 N–H and O–H groups in total. The van der Waals surface area contributed by atoms with Gasteiger partial charge in [-0.25, -0.2) is 0 Å². The summed E-state index contributed by atoms with van der Waals surface area (Å²) in [5.41, 5.74) is 0. The predicted octanol–water partition coefficient (Wildman–Crippen LogP) is 2.85. The first-order valence-electron chi connectivity index (χ1n) is 7.16. The largest absolute Gasteiger partial charge is 0.352 e. The van der Waals surface area contributed by atoms with Crippen LogP contribution in [0.3, 0.4) is 0 Å². The molecule has 17 heavy (non-hydrogen) atoms. The van der Waals surface area contributed by atoms with Gasteiger partial charge in [0.2, 0.25) is 5.91 Å². The molecule has 0 aliphatic carbocycles. The molecular formula is C14H30N2O. The Morgan fingerprint density at radius 2 is 1.76 bits per heavy atom. The van der Waals surface area contributed by atoms with Gasteiger partial charge in [-0.3, -0.25) is 4.79 Å². The minimum Gasteiger partial charge on any atom is -0.352 e. The number of hydrogen-bond donors (Lipinski definition) is 2. The molecule has 0 aliphatic heterocycles. The summed E-state index contributed by atoms with van der Waals surface area (Å²) in [6, 6.07) is 0.772. The van der Waals surface area contributed by atoms with Crippen LogP contribution in [0.5, 0.6) is 0 Å². The molecule has 1 amide bonds. The van der Waals surface area contributed by atoms with Crippen molar-refractivity contribution in [1.82, 2.24) is 10.6 Å². The van der Waals surface area contributed by atoms with E-state index in [4.69, 9.17) is 0 Å². The van der Waals surface area contributed by atoms with E-state index in [9.17, 15) is 4.79 Å². The molecule has 0 fully saturated rings. The van der Waals surface area contributed by atoms with Gasteiger partial charge in [-0.2, -0.15) is 0 Å². The Labute approximate surface area is 107 Å². The molecule has 102 valence electrons. The van der Waals surface area contributed by atoms with E-state index in [2.05, 4.69) is 38.3 Å². The molecule has 0 aromatic heterocycles. The summed E-state index contributed by atoms with van der Waals surface area (Å²) in [7, 11) is 0.